The number of nitrogens with one attached hydrogen (secondary N) is 1. The molecule has 1 aliphatic rings. The van der Waals surface area contributed by atoms with Crippen molar-refractivity contribution in [3.8, 4) is 0 Å². The molecule has 0 bridgehead atoms. The molecule has 2 aromatic carbocycles. The molecule has 1 nitrogen and oxygen atoms in total. The summed E-state index contributed by atoms with van der Waals surface area (Å²) in [5.41, 5.74) is 3.43. The lowest BCUT2D eigenvalue weighted by Gasteiger charge is -2.14. The highest BCUT2D eigenvalue weighted by molar-refractivity contribution is 6.35. The summed E-state index contributed by atoms with van der Waals surface area (Å²) in [6, 6.07) is 11.0. The third-order valence-electron chi connectivity index (χ3n) is 3.98. The third-order valence-corrected chi connectivity index (χ3v) is 4.57. The van der Waals surface area contributed by atoms with E-state index in [1.165, 1.54) is 11.6 Å². The predicted molar refractivity (Wildman–Crippen MR) is 85.6 cm³/mol. The molecule has 2 aromatic rings. The van der Waals surface area contributed by atoms with Crippen molar-refractivity contribution in [1.29, 1.82) is 0 Å². The standard InChI is InChI=1S/C17H16Cl2FN/c18-13-3-1-11(16(19)10-13)7-8-21-17-6-2-12-9-14(20)4-5-15(12)17/h1,3-5,9-10,17,21H,2,6-8H2. The van der Waals surface area contributed by atoms with Gasteiger partial charge in [-0.15, -0.1) is 0 Å². The minimum Gasteiger partial charge on any atom is -0.310 e. The molecular formula is C17H16Cl2FN. The molecule has 1 atom stereocenters. The van der Waals surface area contributed by atoms with Crippen LogP contribution in [0.15, 0.2) is 36.4 Å². The highest BCUT2D eigenvalue weighted by atomic mass is 35.5. The zero-order valence-corrected chi connectivity index (χ0v) is 13.0. The number of aryl methyl sites for hydroxylation is 1. The third kappa shape index (κ3) is 3.39. The largest absolute Gasteiger partial charge is 0.310 e. The fraction of sp³-hybridized carbons (Fsp3) is 0.294. The van der Waals surface area contributed by atoms with E-state index in [4.69, 9.17) is 23.2 Å². The summed E-state index contributed by atoms with van der Waals surface area (Å²) in [7, 11) is 0. The van der Waals surface area contributed by atoms with Crippen LogP contribution in [0, 0.1) is 5.82 Å². The first-order valence-electron chi connectivity index (χ1n) is 7.09. The van der Waals surface area contributed by atoms with Gasteiger partial charge in [0.1, 0.15) is 5.82 Å². The summed E-state index contributed by atoms with van der Waals surface area (Å²) in [5.74, 6) is -0.151. The van der Waals surface area contributed by atoms with E-state index < -0.39 is 0 Å². The van der Waals surface area contributed by atoms with Gasteiger partial charge in [0.05, 0.1) is 0 Å². The Morgan fingerprint density at radius 1 is 1.14 bits per heavy atom. The molecule has 1 aliphatic carbocycles. The number of halogens is 3. The monoisotopic (exact) mass is 323 g/mol. The number of benzene rings is 2. The van der Waals surface area contributed by atoms with E-state index in [1.807, 2.05) is 18.2 Å². The first-order valence-corrected chi connectivity index (χ1v) is 7.85. The number of rotatable bonds is 4. The maximum Gasteiger partial charge on any atom is 0.123 e. The Bertz CT molecular complexity index is 657. The van der Waals surface area contributed by atoms with Crippen LogP contribution in [0.5, 0.6) is 0 Å². The number of hydrogen-bond acceptors (Lipinski definition) is 1. The molecular weight excluding hydrogens is 308 g/mol. The summed E-state index contributed by atoms with van der Waals surface area (Å²) in [4.78, 5) is 0. The first-order chi connectivity index (χ1) is 10.1. The van der Waals surface area contributed by atoms with Gasteiger partial charge >= 0.3 is 0 Å². The van der Waals surface area contributed by atoms with E-state index in [9.17, 15) is 4.39 Å². The van der Waals surface area contributed by atoms with Crippen LogP contribution in [0.1, 0.15) is 29.2 Å². The van der Waals surface area contributed by atoms with Gasteiger partial charge in [-0.1, -0.05) is 35.3 Å². The average molecular weight is 324 g/mol. The molecule has 0 saturated heterocycles. The second-order valence-corrected chi connectivity index (χ2v) is 6.22. The smallest absolute Gasteiger partial charge is 0.123 e. The Morgan fingerprint density at radius 2 is 2.00 bits per heavy atom. The lowest BCUT2D eigenvalue weighted by atomic mass is 10.1. The van der Waals surface area contributed by atoms with Crippen LogP contribution in [0.4, 0.5) is 4.39 Å². The van der Waals surface area contributed by atoms with Gasteiger partial charge in [-0.3, -0.25) is 0 Å². The molecule has 110 valence electrons. The lowest BCUT2D eigenvalue weighted by molar-refractivity contribution is 0.533. The van der Waals surface area contributed by atoms with Gasteiger partial charge in [0.15, 0.2) is 0 Å². The second kappa shape index (κ2) is 6.35. The minimum atomic E-state index is -0.151. The van der Waals surface area contributed by atoms with Crippen LogP contribution in [0.2, 0.25) is 10.0 Å². The number of fused-ring (bicyclic) bond motifs is 1. The zero-order valence-electron chi connectivity index (χ0n) is 11.5. The minimum absolute atomic E-state index is 0.151. The van der Waals surface area contributed by atoms with Gasteiger partial charge in [0.2, 0.25) is 0 Å². The Kier molecular flexibility index (Phi) is 4.48. The van der Waals surface area contributed by atoms with E-state index in [0.717, 1.165) is 36.9 Å². The van der Waals surface area contributed by atoms with Gasteiger partial charge < -0.3 is 5.32 Å². The quantitative estimate of drug-likeness (QED) is 0.839. The highest BCUT2D eigenvalue weighted by Gasteiger charge is 2.22. The topological polar surface area (TPSA) is 12.0 Å². The Hall–Kier alpha value is -1.09. The van der Waals surface area contributed by atoms with Crippen molar-refractivity contribution >= 4 is 23.2 Å². The van der Waals surface area contributed by atoms with Crippen LogP contribution in [0.25, 0.3) is 0 Å². The van der Waals surface area contributed by atoms with E-state index in [2.05, 4.69) is 5.32 Å². The Balaban J connectivity index is 1.60. The van der Waals surface area contributed by atoms with Crippen LogP contribution >= 0.6 is 23.2 Å². The Morgan fingerprint density at radius 3 is 2.81 bits per heavy atom. The lowest BCUT2D eigenvalue weighted by Crippen LogP contribution is -2.22. The van der Waals surface area contributed by atoms with Crippen molar-refractivity contribution in [2.75, 3.05) is 6.54 Å². The van der Waals surface area contributed by atoms with Crippen molar-refractivity contribution in [3.63, 3.8) is 0 Å². The molecule has 1 N–H and O–H groups in total. The Labute approximate surface area is 134 Å². The van der Waals surface area contributed by atoms with Crippen molar-refractivity contribution in [3.05, 3.63) is 69.0 Å². The molecule has 0 heterocycles. The van der Waals surface area contributed by atoms with Gasteiger partial charge in [-0.2, -0.15) is 0 Å². The van der Waals surface area contributed by atoms with Gasteiger partial charge in [-0.05, 0) is 66.8 Å². The molecule has 0 amide bonds. The molecule has 4 heteroatoms. The SMILES string of the molecule is Fc1ccc2c(c1)CCC2NCCc1ccc(Cl)cc1Cl. The molecule has 1 unspecified atom stereocenters. The van der Waals surface area contributed by atoms with Crippen molar-refractivity contribution in [2.24, 2.45) is 0 Å². The second-order valence-electron chi connectivity index (χ2n) is 5.37. The fourth-order valence-electron chi connectivity index (χ4n) is 2.90. The summed E-state index contributed by atoms with van der Waals surface area (Å²) in [6.07, 6.45) is 2.81. The van der Waals surface area contributed by atoms with Gasteiger partial charge in [-0.25, -0.2) is 4.39 Å². The molecule has 0 fully saturated rings. The first kappa shape index (κ1) is 14.8. The maximum atomic E-state index is 13.2. The van der Waals surface area contributed by atoms with Crippen molar-refractivity contribution in [1.82, 2.24) is 5.32 Å². The molecule has 0 aliphatic heterocycles. The molecule has 0 aromatic heterocycles. The van der Waals surface area contributed by atoms with Gasteiger partial charge in [0, 0.05) is 16.1 Å². The number of hydrogen-bond donors (Lipinski definition) is 1. The fourth-order valence-corrected chi connectivity index (χ4v) is 3.41. The van der Waals surface area contributed by atoms with Crippen LogP contribution < -0.4 is 5.32 Å². The maximum absolute atomic E-state index is 13.2. The van der Waals surface area contributed by atoms with Crippen LogP contribution in [-0.4, -0.2) is 6.54 Å². The van der Waals surface area contributed by atoms with Gasteiger partial charge in [0.25, 0.3) is 0 Å². The summed E-state index contributed by atoms with van der Waals surface area (Å²) in [5, 5.41) is 4.90. The van der Waals surface area contributed by atoms with E-state index in [0.29, 0.717) is 16.1 Å². The normalized spacial score (nSPS) is 17.0. The molecule has 0 radical (unpaired) electrons. The molecule has 21 heavy (non-hydrogen) atoms. The van der Waals surface area contributed by atoms with Crippen molar-refractivity contribution in [2.45, 2.75) is 25.3 Å². The molecule has 0 saturated carbocycles. The highest BCUT2D eigenvalue weighted by Crippen LogP contribution is 2.31. The molecule has 3 rings (SSSR count). The van der Waals surface area contributed by atoms with Crippen LogP contribution in [0.3, 0.4) is 0 Å². The van der Waals surface area contributed by atoms with E-state index >= 15 is 0 Å². The summed E-state index contributed by atoms with van der Waals surface area (Å²) in [6.45, 7) is 0.836. The predicted octanol–water partition coefficient (Wildman–Crippen LogP) is 4.95. The van der Waals surface area contributed by atoms with E-state index in [-0.39, 0.29) is 5.82 Å². The molecule has 0 spiro atoms. The summed E-state index contributed by atoms with van der Waals surface area (Å²) >= 11 is 12.1. The average Bonchev–Trinajstić information content (AvgIpc) is 2.83. The van der Waals surface area contributed by atoms with Crippen molar-refractivity contribution < 1.29 is 4.39 Å². The zero-order chi connectivity index (χ0) is 14.8. The van der Waals surface area contributed by atoms with E-state index in [1.54, 1.807) is 12.1 Å². The van der Waals surface area contributed by atoms with Crippen LogP contribution in [-0.2, 0) is 12.8 Å². The summed E-state index contributed by atoms with van der Waals surface area (Å²) < 4.78 is 13.2.